The minimum absolute atomic E-state index is 0.226. The lowest BCUT2D eigenvalue weighted by molar-refractivity contribution is 0.0124. The quantitative estimate of drug-likeness (QED) is 0.807. The number of piperidine rings is 1. The molecule has 0 aromatic carbocycles. The summed E-state index contributed by atoms with van der Waals surface area (Å²) in [5, 5.41) is 0. The first-order chi connectivity index (χ1) is 7.93. The van der Waals surface area contributed by atoms with Gasteiger partial charge < -0.3 is 10.6 Å². The van der Waals surface area contributed by atoms with Crippen molar-refractivity contribution in [3.05, 3.63) is 0 Å². The molecule has 2 aliphatic rings. The van der Waals surface area contributed by atoms with Crippen LogP contribution in [0.4, 0.5) is 0 Å². The average Bonchev–Trinajstić information content (AvgIpc) is 3.08. The molecule has 0 aromatic heterocycles. The van der Waals surface area contributed by atoms with Crippen molar-refractivity contribution in [1.82, 2.24) is 9.80 Å². The van der Waals surface area contributed by atoms with Gasteiger partial charge in [0.1, 0.15) is 0 Å². The van der Waals surface area contributed by atoms with Crippen LogP contribution in [0.1, 0.15) is 39.5 Å². The second kappa shape index (κ2) is 4.52. The van der Waals surface area contributed by atoms with Crippen LogP contribution in [0.2, 0.25) is 0 Å². The second-order valence-corrected chi connectivity index (χ2v) is 6.72. The number of hydrogen-bond donors (Lipinski definition) is 1. The van der Waals surface area contributed by atoms with E-state index in [9.17, 15) is 0 Å². The molecule has 1 aliphatic carbocycles. The third-order valence-electron chi connectivity index (χ3n) is 5.59. The van der Waals surface area contributed by atoms with Crippen molar-refractivity contribution in [1.29, 1.82) is 0 Å². The summed E-state index contributed by atoms with van der Waals surface area (Å²) in [6.07, 6.45) is 5.29. The molecule has 1 saturated heterocycles. The third-order valence-corrected chi connectivity index (χ3v) is 5.59. The molecule has 1 atom stereocenters. The zero-order valence-corrected chi connectivity index (χ0v) is 12.0. The molecule has 2 N–H and O–H groups in total. The van der Waals surface area contributed by atoms with E-state index in [2.05, 4.69) is 37.7 Å². The minimum atomic E-state index is 0.226. The highest BCUT2D eigenvalue weighted by molar-refractivity contribution is 5.10. The number of hydrogen-bond acceptors (Lipinski definition) is 3. The highest BCUT2D eigenvalue weighted by Crippen LogP contribution is 2.55. The topological polar surface area (TPSA) is 32.5 Å². The highest BCUT2D eigenvalue weighted by Gasteiger charge is 2.55. The Morgan fingerprint density at radius 1 is 1.29 bits per heavy atom. The summed E-state index contributed by atoms with van der Waals surface area (Å²) in [5.41, 5.74) is 6.81. The lowest BCUT2D eigenvalue weighted by atomic mass is 9.80. The van der Waals surface area contributed by atoms with E-state index in [1.807, 2.05) is 0 Å². The van der Waals surface area contributed by atoms with E-state index in [1.165, 1.54) is 38.8 Å². The maximum Gasteiger partial charge on any atom is 0.0357 e. The lowest BCUT2D eigenvalue weighted by Gasteiger charge is -2.49. The summed E-state index contributed by atoms with van der Waals surface area (Å²) in [7, 11) is 4.40. The van der Waals surface area contributed by atoms with E-state index in [0.717, 1.165) is 12.6 Å². The summed E-state index contributed by atoms with van der Waals surface area (Å²) in [4.78, 5) is 5.04. The molecule has 0 radical (unpaired) electrons. The number of nitrogens with zero attached hydrogens (tertiary/aromatic N) is 2. The SMILES string of the molecule is CN(C)C1CCN(C(C)(CN)C2(C)CC2)CC1. The maximum atomic E-state index is 6.11. The second-order valence-electron chi connectivity index (χ2n) is 6.72. The minimum Gasteiger partial charge on any atom is -0.329 e. The molecule has 3 nitrogen and oxygen atoms in total. The van der Waals surface area contributed by atoms with Crippen molar-refractivity contribution < 1.29 is 0 Å². The molecule has 17 heavy (non-hydrogen) atoms. The Morgan fingerprint density at radius 3 is 2.18 bits per heavy atom. The average molecular weight is 239 g/mol. The highest BCUT2D eigenvalue weighted by atomic mass is 15.2. The van der Waals surface area contributed by atoms with Gasteiger partial charge in [-0.05, 0) is 52.1 Å². The van der Waals surface area contributed by atoms with Crippen LogP contribution in [0, 0.1) is 5.41 Å². The van der Waals surface area contributed by atoms with Gasteiger partial charge in [0.25, 0.3) is 0 Å². The van der Waals surface area contributed by atoms with Gasteiger partial charge in [0.2, 0.25) is 0 Å². The lowest BCUT2D eigenvalue weighted by Crippen LogP contribution is -2.60. The molecule has 0 aromatic rings. The zero-order valence-electron chi connectivity index (χ0n) is 12.0. The Balaban J connectivity index is 1.99. The van der Waals surface area contributed by atoms with Crippen LogP contribution in [-0.4, -0.2) is 55.1 Å². The summed E-state index contributed by atoms with van der Waals surface area (Å²) in [6.45, 7) is 8.03. The summed E-state index contributed by atoms with van der Waals surface area (Å²) in [5.74, 6) is 0. The molecule has 0 spiro atoms. The molecule has 100 valence electrons. The zero-order chi connectivity index (χ0) is 12.7. The molecular weight excluding hydrogens is 210 g/mol. The van der Waals surface area contributed by atoms with Crippen molar-refractivity contribution in [3.63, 3.8) is 0 Å². The van der Waals surface area contributed by atoms with E-state index < -0.39 is 0 Å². The molecule has 1 saturated carbocycles. The molecule has 1 heterocycles. The normalized spacial score (nSPS) is 29.3. The molecule has 3 heteroatoms. The first-order valence-electron chi connectivity index (χ1n) is 7.04. The Bertz CT molecular complexity index is 265. The van der Waals surface area contributed by atoms with Crippen LogP contribution >= 0.6 is 0 Å². The van der Waals surface area contributed by atoms with Crippen LogP contribution in [0.15, 0.2) is 0 Å². The number of rotatable bonds is 4. The maximum absolute atomic E-state index is 6.11. The summed E-state index contributed by atoms with van der Waals surface area (Å²) < 4.78 is 0. The largest absolute Gasteiger partial charge is 0.329 e. The van der Waals surface area contributed by atoms with Crippen molar-refractivity contribution in [2.45, 2.75) is 51.1 Å². The Morgan fingerprint density at radius 2 is 1.82 bits per heavy atom. The van der Waals surface area contributed by atoms with Gasteiger partial charge in [-0.3, -0.25) is 4.90 Å². The fraction of sp³-hybridized carbons (Fsp3) is 1.00. The van der Waals surface area contributed by atoms with Crippen LogP contribution in [0.25, 0.3) is 0 Å². The first kappa shape index (κ1) is 13.3. The van der Waals surface area contributed by atoms with Gasteiger partial charge in [-0.25, -0.2) is 0 Å². The third kappa shape index (κ3) is 2.25. The molecule has 2 fully saturated rings. The number of likely N-dealkylation sites (tertiary alicyclic amines) is 1. The predicted molar refractivity (Wildman–Crippen MR) is 73.1 cm³/mol. The smallest absolute Gasteiger partial charge is 0.0357 e. The Hall–Kier alpha value is -0.120. The van der Waals surface area contributed by atoms with E-state index in [0.29, 0.717) is 5.41 Å². The Labute approximate surface area is 106 Å². The standard InChI is InChI=1S/C14H29N3/c1-13(7-8-13)14(2,11-15)17-9-5-12(6-10-17)16(3)4/h12H,5-11,15H2,1-4H3. The van der Waals surface area contributed by atoms with Crippen molar-refractivity contribution in [2.24, 2.45) is 11.1 Å². The van der Waals surface area contributed by atoms with Crippen molar-refractivity contribution >= 4 is 0 Å². The molecule has 2 rings (SSSR count). The molecule has 0 bridgehead atoms. The molecule has 0 amide bonds. The van der Waals surface area contributed by atoms with E-state index in [1.54, 1.807) is 0 Å². The molecular formula is C14H29N3. The monoisotopic (exact) mass is 239 g/mol. The summed E-state index contributed by atoms with van der Waals surface area (Å²) in [6, 6.07) is 0.764. The molecule has 1 unspecified atom stereocenters. The van der Waals surface area contributed by atoms with Gasteiger partial charge in [-0.15, -0.1) is 0 Å². The van der Waals surface area contributed by atoms with E-state index >= 15 is 0 Å². The van der Waals surface area contributed by atoms with Crippen LogP contribution in [0.3, 0.4) is 0 Å². The first-order valence-corrected chi connectivity index (χ1v) is 7.04. The van der Waals surface area contributed by atoms with Crippen molar-refractivity contribution in [2.75, 3.05) is 33.7 Å². The van der Waals surface area contributed by atoms with E-state index in [-0.39, 0.29) is 5.54 Å². The van der Waals surface area contributed by atoms with Crippen LogP contribution < -0.4 is 5.73 Å². The van der Waals surface area contributed by atoms with E-state index in [4.69, 9.17) is 5.73 Å². The Kier molecular flexibility index (Phi) is 3.54. The van der Waals surface area contributed by atoms with Gasteiger partial charge >= 0.3 is 0 Å². The number of nitrogens with two attached hydrogens (primary N) is 1. The fourth-order valence-corrected chi connectivity index (χ4v) is 3.36. The van der Waals surface area contributed by atoms with Gasteiger partial charge in [0.05, 0.1) is 0 Å². The summed E-state index contributed by atoms with van der Waals surface area (Å²) >= 11 is 0. The van der Waals surface area contributed by atoms with Gasteiger partial charge in [-0.2, -0.15) is 0 Å². The predicted octanol–water partition coefficient (Wildman–Crippen LogP) is 1.53. The van der Waals surface area contributed by atoms with Gasteiger partial charge in [0, 0.05) is 31.2 Å². The van der Waals surface area contributed by atoms with Gasteiger partial charge in [0.15, 0.2) is 0 Å². The molecule has 1 aliphatic heterocycles. The van der Waals surface area contributed by atoms with Crippen LogP contribution in [-0.2, 0) is 0 Å². The van der Waals surface area contributed by atoms with Gasteiger partial charge in [-0.1, -0.05) is 6.92 Å². The van der Waals surface area contributed by atoms with Crippen molar-refractivity contribution in [3.8, 4) is 0 Å². The fourth-order valence-electron chi connectivity index (χ4n) is 3.36. The van der Waals surface area contributed by atoms with Crippen LogP contribution in [0.5, 0.6) is 0 Å².